The molecule has 0 bridgehead atoms. The Hall–Kier alpha value is -3.18. The number of hydroxylamine groups is 1. The molecule has 2 aromatic rings. The zero-order valence-corrected chi connectivity index (χ0v) is 20.9. The van der Waals surface area contributed by atoms with Crippen molar-refractivity contribution in [2.24, 2.45) is 16.8 Å². The first-order valence-electron chi connectivity index (χ1n) is 12.1. The van der Waals surface area contributed by atoms with Gasteiger partial charge in [0.15, 0.2) is 0 Å². The number of amides is 1. The van der Waals surface area contributed by atoms with Crippen molar-refractivity contribution in [2.45, 2.75) is 51.1 Å². The molecule has 1 fully saturated rings. The number of hydrogen-bond donors (Lipinski definition) is 4. The molecule has 10 heteroatoms. The van der Waals surface area contributed by atoms with Crippen LogP contribution in [0.5, 0.6) is 11.5 Å². The summed E-state index contributed by atoms with van der Waals surface area (Å²) in [6, 6.07) is 16.7. The summed E-state index contributed by atoms with van der Waals surface area (Å²) in [5.74, 6) is -1.44. The summed E-state index contributed by atoms with van der Waals surface area (Å²) in [6.07, 6.45) is 1.27. The molecular formula is C26H35N5O5. The first kappa shape index (κ1) is 25.9. The molecule has 0 spiro atoms. The van der Waals surface area contributed by atoms with E-state index in [4.69, 9.17) is 20.3 Å². The Kier molecular flexibility index (Phi) is 7.51. The van der Waals surface area contributed by atoms with Crippen LogP contribution >= 0.6 is 0 Å². The van der Waals surface area contributed by atoms with E-state index in [0.29, 0.717) is 24.6 Å². The predicted octanol–water partition coefficient (Wildman–Crippen LogP) is 3.10. The molecule has 2 aromatic carbocycles. The summed E-state index contributed by atoms with van der Waals surface area (Å²) in [6.45, 7) is 6.85. The summed E-state index contributed by atoms with van der Waals surface area (Å²) in [5.41, 5.74) is 8.51. The molecule has 2 aliphatic rings. The van der Waals surface area contributed by atoms with E-state index in [1.54, 1.807) is 4.90 Å². The highest BCUT2D eigenvalue weighted by atomic mass is 16.6. The van der Waals surface area contributed by atoms with E-state index >= 15 is 0 Å². The molecule has 0 aliphatic carbocycles. The minimum atomic E-state index is -2.09. The molecule has 2 heterocycles. The van der Waals surface area contributed by atoms with E-state index in [1.165, 1.54) is 0 Å². The quantitative estimate of drug-likeness (QED) is 0.354. The molecular weight excluding hydrogens is 462 g/mol. The fourth-order valence-corrected chi connectivity index (χ4v) is 4.45. The van der Waals surface area contributed by atoms with Crippen LogP contribution in [0.15, 0.2) is 59.7 Å². The standard InChI is InChI=1S/C26H35N5O5/c1-25(2,3)36-24(32)30-15-7-8-19(16-30)31-17-22(26(27,33)29-34)23(28-31)18-11-13-21(14-12-18)35-20-9-5-4-6-10-20/h4-6,9-14,19,22,29,33-34H,7-8,15-17,27H2,1-3H3. The number of carbonyl (C=O) groups excluding carboxylic acids is 1. The van der Waals surface area contributed by atoms with Crippen LogP contribution in [0, 0.1) is 5.92 Å². The van der Waals surface area contributed by atoms with Crippen LogP contribution in [0.25, 0.3) is 0 Å². The summed E-state index contributed by atoms with van der Waals surface area (Å²) in [7, 11) is 0. The molecule has 0 radical (unpaired) electrons. The van der Waals surface area contributed by atoms with Crippen LogP contribution in [-0.4, -0.2) is 69.2 Å². The fraction of sp³-hybridized carbons (Fsp3) is 0.462. The Labute approximate surface area is 211 Å². The normalized spacial score (nSPS) is 22.1. The number of nitrogens with two attached hydrogens (primary N) is 1. The van der Waals surface area contributed by atoms with Crippen LogP contribution in [0.3, 0.4) is 0 Å². The Morgan fingerprint density at radius 1 is 1.08 bits per heavy atom. The number of rotatable bonds is 6. The van der Waals surface area contributed by atoms with Gasteiger partial charge in [0, 0.05) is 13.1 Å². The van der Waals surface area contributed by atoms with Crippen LogP contribution in [0.1, 0.15) is 39.2 Å². The summed E-state index contributed by atoms with van der Waals surface area (Å²) >= 11 is 0. The maximum Gasteiger partial charge on any atom is 0.410 e. The number of hydrogen-bond acceptors (Lipinski definition) is 9. The lowest BCUT2D eigenvalue weighted by molar-refractivity contribution is -0.113. The highest BCUT2D eigenvalue weighted by molar-refractivity contribution is 6.03. The first-order chi connectivity index (χ1) is 17.1. The maximum atomic E-state index is 12.6. The number of benzene rings is 2. The third-order valence-corrected chi connectivity index (χ3v) is 6.24. The number of ether oxygens (including phenoxy) is 2. The Bertz CT molecular complexity index is 1070. The van der Waals surface area contributed by atoms with Gasteiger partial charge in [0.05, 0.1) is 24.2 Å². The predicted molar refractivity (Wildman–Crippen MR) is 135 cm³/mol. The molecule has 0 aromatic heterocycles. The number of piperidine rings is 1. The van der Waals surface area contributed by atoms with Crippen molar-refractivity contribution < 1.29 is 24.6 Å². The number of nitrogens with zero attached hydrogens (tertiary/aromatic N) is 3. The molecule has 3 atom stereocenters. The van der Waals surface area contributed by atoms with E-state index in [2.05, 4.69) is 0 Å². The van der Waals surface area contributed by atoms with Gasteiger partial charge >= 0.3 is 6.09 Å². The molecule has 36 heavy (non-hydrogen) atoms. The molecule has 4 rings (SSSR count). The zero-order chi connectivity index (χ0) is 25.9. The van der Waals surface area contributed by atoms with Crippen molar-refractivity contribution in [1.82, 2.24) is 15.4 Å². The minimum absolute atomic E-state index is 0.0820. The van der Waals surface area contributed by atoms with Crippen LogP contribution < -0.4 is 16.0 Å². The molecule has 5 N–H and O–H groups in total. The summed E-state index contributed by atoms with van der Waals surface area (Å²) in [5, 5.41) is 26.9. The second-order valence-electron chi connectivity index (χ2n) is 10.3. The van der Waals surface area contributed by atoms with Crippen molar-refractivity contribution in [3.8, 4) is 11.5 Å². The van der Waals surface area contributed by atoms with E-state index < -0.39 is 17.4 Å². The van der Waals surface area contributed by atoms with Crippen LogP contribution in [0.4, 0.5) is 4.79 Å². The third kappa shape index (κ3) is 6.14. The largest absolute Gasteiger partial charge is 0.457 e. The lowest BCUT2D eigenvalue weighted by Gasteiger charge is -2.38. The van der Waals surface area contributed by atoms with Crippen molar-refractivity contribution in [3.63, 3.8) is 0 Å². The number of aliphatic hydroxyl groups is 1. The van der Waals surface area contributed by atoms with Gasteiger partial charge in [-0.05, 0) is 75.6 Å². The number of hydrazone groups is 1. The van der Waals surface area contributed by atoms with Crippen molar-refractivity contribution in [2.75, 3.05) is 19.6 Å². The third-order valence-electron chi connectivity index (χ3n) is 6.24. The minimum Gasteiger partial charge on any atom is -0.457 e. The molecule has 2 aliphatic heterocycles. The van der Waals surface area contributed by atoms with Crippen molar-refractivity contribution >= 4 is 11.8 Å². The van der Waals surface area contributed by atoms with Gasteiger partial charge in [0.1, 0.15) is 17.1 Å². The first-order valence-corrected chi connectivity index (χ1v) is 12.1. The van der Waals surface area contributed by atoms with Crippen LogP contribution in [-0.2, 0) is 4.74 Å². The van der Waals surface area contributed by atoms with Gasteiger partial charge in [-0.15, -0.1) is 0 Å². The van der Waals surface area contributed by atoms with E-state index in [1.807, 2.05) is 85.9 Å². The van der Waals surface area contributed by atoms with E-state index in [-0.39, 0.29) is 18.7 Å². The number of carbonyl (C=O) groups is 1. The van der Waals surface area contributed by atoms with E-state index in [0.717, 1.165) is 24.2 Å². The van der Waals surface area contributed by atoms with Gasteiger partial charge in [0.25, 0.3) is 0 Å². The summed E-state index contributed by atoms with van der Waals surface area (Å²) < 4.78 is 11.4. The highest BCUT2D eigenvalue weighted by Crippen LogP contribution is 2.30. The van der Waals surface area contributed by atoms with E-state index in [9.17, 15) is 15.1 Å². The van der Waals surface area contributed by atoms with Gasteiger partial charge in [0.2, 0.25) is 5.85 Å². The Balaban J connectivity index is 1.53. The zero-order valence-electron chi connectivity index (χ0n) is 20.9. The molecule has 194 valence electrons. The van der Waals surface area contributed by atoms with Gasteiger partial charge in [-0.1, -0.05) is 18.2 Å². The monoisotopic (exact) mass is 497 g/mol. The van der Waals surface area contributed by atoms with Crippen molar-refractivity contribution in [3.05, 3.63) is 60.2 Å². The van der Waals surface area contributed by atoms with Crippen molar-refractivity contribution in [1.29, 1.82) is 0 Å². The Morgan fingerprint density at radius 3 is 2.39 bits per heavy atom. The van der Waals surface area contributed by atoms with Gasteiger partial charge in [-0.25, -0.2) is 4.79 Å². The SMILES string of the molecule is CC(C)(C)OC(=O)N1CCCC(N2CC(C(N)(O)NO)C(c3ccc(Oc4ccccc4)cc3)=N2)C1. The second-order valence-corrected chi connectivity index (χ2v) is 10.3. The average molecular weight is 498 g/mol. The number of nitrogens with one attached hydrogen (secondary N) is 1. The highest BCUT2D eigenvalue weighted by Gasteiger charge is 2.44. The van der Waals surface area contributed by atoms with Crippen LogP contribution in [0.2, 0.25) is 0 Å². The summed E-state index contributed by atoms with van der Waals surface area (Å²) in [4.78, 5) is 14.3. The smallest absolute Gasteiger partial charge is 0.410 e. The lowest BCUT2D eigenvalue weighted by Crippen LogP contribution is -2.61. The fourth-order valence-electron chi connectivity index (χ4n) is 4.45. The average Bonchev–Trinajstić information content (AvgIpc) is 3.31. The molecule has 1 saturated heterocycles. The number of likely N-dealkylation sites (tertiary alicyclic amines) is 1. The van der Waals surface area contributed by atoms with Gasteiger partial charge < -0.3 is 24.7 Å². The molecule has 3 unspecified atom stereocenters. The molecule has 1 amide bonds. The molecule has 0 saturated carbocycles. The maximum absolute atomic E-state index is 12.6. The number of para-hydroxylation sites is 1. The lowest BCUT2D eigenvalue weighted by atomic mass is 9.92. The second kappa shape index (κ2) is 10.4. The van der Waals surface area contributed by atoms with Gasteiger partial charge in [-0.2, -0.15) is 10.6 Å². The topological polar surface area (TPSA) is 133 Å². The Morgan fingerprint density at radius 2 is 1.75 bits per heavy atom. The molecule has 10 nitrogen and oxygen atoms in total. The van der Waals surface area contributed by atoms with Gasteiger partial charge in [-0.3, -0.25) is 10.7 Å².